The number of rotatable bonds is 6. The lowest BCUT2D eigenvalue weighted by molar-refractivity contribution is 0.527. The maximum absolute atomic E-state index is 3.42. The molecule has 0 saturated heterocycles. The van der Waals surface area contributed by atoms with Crippen LogP contribution in [0.3, 0.4) is 0 Å². The molecule has 2 aromatic rings. The van der Waals surface area contributed by atoms with Crippen molar-refractivity contribution in [3.8, 4) is 0 Å². The van der Waals surface area contributed by atoms with Gasteiger partial charge in [-0.1, -0.05) is 42.5 Å². The summed E-state index contributed by atoms with van der Waals surface area (Å²) >= 11 is 2.35. The fourth-order valence-corrected chi connectivity index (χ4v) is 2.69. The van der Waals surface area contributed by atoms with Gasteiger partial charge < -0.3 is 5.32 Å². The van der Waals surface area contributed by atoms with Crippen LogP contribution in [0.5, 0.6) is 0 Å². The van der Waals surface area contributed by atoms with Crippen LogP contribution in [0.25, 0.3) is 0 Å². The zero-order chi connectivity index (χ0) is 13.5. The van der Waals surface area contributed by atoms with Gasteiger partial charge in [-0.05, 0) is 72.2 Å². The average molecular weight is 365 g/mol. The van der Waals surface area contributed by atoms with Gasteiger partial charge in [-0.3, -0.25) is 0 Å². The number of nitrogens with one attached hydrogen (secondary N) is 1. The maximum Gasteiger partial charge on any atom is 0.0317 e. The maximum atomic E-state index is 3.42. The molecule has 0 amide bonds. The highest BCUT2D eigenvalue weighted by molar-refractivity contribution is 14.1. The summed E-state index contributed by atoms with van der Waals surface area (Å²) in [7, 11) is 2.05. The fourth-order valence-electron chi connectivity index (χ4n) is 2.33. The van der Waals surface area contributed by atoms with Crippen molar-refractivity contribution in [3.05, 3.63) is 69.3 Å². The Hall–Kier alpha value is -0.870. The SMILES string of the molecule is CNC(CCCc1ccccc1)c1ccc(I)cc1. The van der Waals surface area contributed by atoms with Gasteiger partial charge in [0.15, 0.2) is 0 Å². The van der Waals surface area contributed by atoms with E-state index in [1.54, 1.807) is 0 Å². The molecule has 0 bridgehead atoms. The molecule has 0 aromatic heterocycles. The van der Waals surface area contributed by atoms with Crippen LogP contribution in [0.1, 0.15) is 30.0 Å². The third-order valence-electron chi connectivity index (χ3n) is 3.42. The second-order valence-electron chi connectivity index (χ2n) is 4.77. The van der Waals surface area contributed by atoms with Crippen LogP contribution in [0.4, 0.5) is 0 Å². The molecule has 0 fully saturated rings. The van der Waals surface area contributed by atoms with Gasteiger partial charge in [0.05, 0.1) is 0 Å². The van der Waals surface area contributed by atoms with Gasteiger partial charge in [0.2, 0.25) is 0 Å². The zero-order valence-electron chi connectivity index (χ0n) is 11.3. The molecule has 1 atom stereocenters. The number of benzene rings is 2. The Kier molecular flexibility index (Phi) is 5.86. The van der Waals surface area contributed by atoms with Gasteiger partial charge in [-0.2, -0.15) is 0 Å². The van der Waals surface area contributed by atoms with E-state index in [1.807, 2.05) is 7.05 Å². The van der Waals surface area contributed by atoms with Crippen molar-refractivity contribution < 1.29 is 0 Å². The van der Waals surface area contributed by atoms with Gasteiger partial charge >= 0.3 is 0 Å². The predicted octanol–water partition coefficient (Wildman–Crippen LogP) is 4.57. The Labute approximate surface area is 129 Å². The number of halogens is 1. The minimum Gasteiger partial charge on any atom is -0.313 e. The molecule has 2 rings (SSSR count). The van der Waals surface area contributed by atoms with Crippen molar-refractivity contribution in [2.75, 3.05) is 7.05 Å². The standard InChI is InChI=1S/C17H20IN/c1-19-17(15-10-12-16(18)13-11-15)9-5-8-14-6-3-2-4-7-14/h2-4,6-7,10-13,17,19H,5,8-9H2,1H3. The lowest BCUT2D eigenvalue weighted by Gasteiger charge is -2.16. The van der Waals surface area contributed by atoms with E-state index in [-0.39, 0.29) is 0 Å². The number of hydrogen-bond acceptors (Lipinski definition) is 1. The largest absolute Gasteiger partial charge is 0.313 e. The first-order valence-corrected chi connectivity index (χ1v) is 7.84. The van der Waals surface area contributed by atoms with Crippen molar-refractivity contribution in [2.24, 2.45) is 0 Å². The van der Waals surface area contributed by atoms with E-state index >= 15 is 0 Å². The summed E-state index contributed by atoms with van der Waals surface area (Å²) in [5.74, 6) is 0. The van der Waals surface area contributed by atoms with Crippen LogP contribution >= 0.6 is 22.6 Å². The molecule has 0 saturated carbocycles. The summed E-state index contributed by atoms with van der Waals surface area (Å²) in [4.78, 5) is 0. The van der Waals surface area contributed by atoms with E-state index in [9.17, 15) is 0 Å². The van der Waals surface area contributed by atoms with E-state index in [0.717, 1.165) is 6.42 Å². The second-order valence-corrected chi connectivity index (χ2v) is 6.02. The molecule has 0 radical (unpaired) electrons. The molecule has 2 heteroatoms. The Morgan fingerprint density at radius 2 is 1.68 bits per heavy atom. The van der Waals surface area contributed by atoms with Crippen molar-refractivity contribution in [3.63, 3.8) is 0 Å². The van der Waals surface area contributed by atoms with Crippen LogP contribution in [0.2, 0.25) is 0 Å². The molecule has 2 aromatic carbocycles. The zero-order valence-corrected chi connectivity index (χ0v) is 13.4. The molecule has 0 aliphatic carbocycles. The summed E-state index contributed by atoms with van der Waals surface area (Å²) in [5, 5.41) is 3.42. The van der Waals surface area contributed by atoms with Crippen molar-refractivity contribution in [1.29, 1.82) is 0 Å². The van der Waals surface area contributed by atoms with Crippen molar-refractivity contribution in [1.82, 2.24) is 5.32 Å². The van der Waals surface area contributed by atoms with Crippen molar-refractivity contribution >= 4 is 22.6 Å². The van der Waals surface area contributed by atoms with Gasteiger partial charge in [-0.15, -0.1) is 0 Å². The predicted molar refractivity (Wildman–Crippen MR) is 90.3 cm³/mol. The highest BCUT2D eigenvalue weighted by atomic mass is 127. The summed E-state index contributed by atoms with van der Waals surface area (Å²) in [6, 6.07) is 20.0. The first-order valence-electron chi connectivity index (χ1n) is 6.76. The minimum absolute atomic E-state index is 0.459. The summed E-state index contributed by atoms with van der Waals surface area (Å²) in [5.41, 5.74) is 2.82. The third kappa shape index (κ3) is 4.62. The third-order valence-corrected chi connectivity index (χ3v) is 4.14. The van der Waals surface area contributed by atoms with Gasteiger partial charge in [0, 0.05) is 9.61 Å². The molecular weight excluding hydrogens is 345 g/mol. The Bertz CT molecular complexity index is 478. The molecule has 19 heavy (non-hydrogen) atoms. The van der Waals surface area contributed by atoms with Gasteiger partial charge in [0.1, 0.15) is 0 Å². The first-order chi connectivity index (χ1) is 9.29. The molecule has 1 N–H and O–H groups in total. The highest BCUT2D eigenvalue weighted by Crippen LogP contribution is 2.20. The molecule has 1 unspecified atom stereocenters. The first kappa shape index (κ1) is 14.5. The Balaban J connectivity index is 1.87. The molecule has 0 heterocycles. The van der Waals surface area contributed by atoms with Crippen molar-refractivity contribution in [2.45, 2.75) is 25.3 Å². The topological polar surface area (TPSA) is 12.0 Å². The lowest BCUT2D eigenvalue weighted by Crippen LogP contribution is -2.16. The monoisotopic (exact) mass is 365 g/mol. The molecule has 0 aliphatic rings. The van der Waals surface area contributed by atoms with E-state index < -0.39 is 0 Å². The lowest BCUT2D eigenvalue weighted by atomic mass is 9.99. The quantitative estimate of drug-likeness (QED) is 0.740. The number of aryl methyl sites for hydroxylation is 1. The fraction of sp³-hybridized carbons (Fsp3) is 0.294. The van der Waals surface area contributed by atoms with Crippen LogP contribution in [-0.4, -0.2) is 7.05 Å². The molecule has 0 aliphatic heterocycles. The van der Waals surface area contributed by atoms with Crippen LogP contribution < -0.4 is 5.32 Å². The minimum atomic E-state index is 0.459. The summed E-state index contributed by atoms with van der Waals surface area (Å²) in [6.07, 6.45) is 3.54. The molecule has 100 valence electrons. The average Bonchev–Trinajstić information content (AvgIpc) is 2.46. The smallest absolute Gasteiger partial charge is 0.0317 e. The normalized spacial score (nSPS) is 12.3. The second kappa shape index (κ2) is 7.65. The Morgan fingerprint density at radius 3 is 2.32 bits per heavy atom. The molecule has 1 nitrogen and oxygen atoms in total. The van der Waals surface area contributed by atoms with Crippen LogP contribution in [0.15, 0.2) is 54.6 Å². The van der Waals surface area contributed by atoms with E-state index in [4.69, 9.17) is 0 Å². The number of hydrogen-bond donors (Lipinski definition) is 1. The van der Waals surface area contributed by atoms with E-state index in [2.05, 4.69) is 82.5 Å². The Morgan fingerprint density at radius 1 is 1.00 bits per heavy atom. The van der Waals surface area contributed by atoms with E-state index in [0.29, 0.717) is 6.04 Å². The molecular formula is C17H20IN. The highest BCUT2D eigenvalue weighted by Gasteiger charge is 2.08. The van der Waals surface area contributed by atoms with Gasteiger partial charge in [0.25, 0.3) is 0 Å². The summed E-state index contributed by atoms with van der Waals surface area (Å²) in [6.45, 7) is 0. The van der Waals surface area contributed by atoms with E-state index in [1.165, 1.54) is 27.5 Å². The van der Waals surface area contributed by atoms with Gasteiger partial charge in [-0.25, -0.2) is 0 Å². The molecule has 0 spiro atoms. The van der Waals surface area contributed by atoms with Crippen LogP contribution in [-0.2, 0) is 6.42 Å². The van der Waals surface area contributed by atoms with Crippen LogP contribution in [0, 0.1) is 3.57 Å². The summed E-state index contributed by atoms with van der Waals surface area (Å²) < 4.78 is 1.29.